The lowest BCUT2D eigenvalue weighted by atomic mass is 9.83. The number of hydrogen-bond donors (Lipinski definition) is 5. The first-order chi connectivity index (χ1) is 28.0. The number of ether oxygens (including phenoxy) is 1. The fourth-order valence-electron chi connectivity index (χ4n) is 7.64. The molecule has 1 aliphatic carbocycles. The number of nitrogens with two attached hydrogens (primary N) is 1. The molecule has 0 radical (unpaired) electrons. The highest BCUT2D eigenvalue weighted by atomic mass is 16.5. The highest BCUT2D eigenvalue weighted by Crippen LogP contribution is 2.30. The summed E-state index contributed by atoms with van der Waals surface area (Å²) in [5.41, 5.74) is 7.66. The topological polar surface area (TPSA) is 206 Å². The third-order valence-corrected chi connectivity index (χ3v) is 10.7. The summed E-state index contributed by atoms with van der Waals surface area (Å²) in [5.74, 6) is -5.10. The van der Waals surface area contributed by atoms with E-state index in [1.54, 1.807) is 37.3 Å². The summed E-state index contributed by atoms with van der Waals surface area (Å²) in [6.07, 6.45) is 4.58. The van der Waals surface area contributed by atoms with Crippen molar-refractivity contribution in [2.24, 2.45) is 11.7 Å². The van der Waals surface area contributed by atoms with Crippen molar-refractivity contribution in [3.8, 4) is 0 Å². The molecule has 308 valence electrons. The van der Waals surface area contributed by atoms with Gasteiger partial charge in [0.2, 0.25) is 35.3 Å². The maximum Gasteiger partial charge on any atom is 0.290 e. The number of carbonyl (C=O) groups is 7. The number of benzene rings is 3. The van der Waals surface area contributed by atoms with Gasteiger partial charge in [-0.3, -0.25) is 33.6 Å². The molecule has 0 bridgehead atoms. The van der Waals surface area contributed by atoms with E-state index < -0.39 is 72.1 Å². The molecule has 3 aromatic rings. The van der Waals surface area contributed by atoms with Crippen molar-refractivity contribution in [3.05, 3.63) is 108 Å². The van der Waals surface area contributed by atoms with Crippen molar-refractivity contribution in [3.63, 3.8) is 0 Å². The third-order valence-electron chi connectivity index (χ3n) is 10.7. The lowest BCUT2D eigenvalue weighted by Gasteiger charge is -2.35. The van der Waals surface area contributed by atoms with Crippen molar-refractivity contribution in [1.29, 1.82) is 0 Å². The Bertz CT molecular complexity index is 1870. The molecular formula is C44H54N6O8. The van der Waals surface area contributed by atoms with Crippen LogP contribution in [-0.2, 0) is 51.3 Å². The van der Waals surface area contributed by atoms with Crippen LogP contribution in [0.15, 0.2) is 91.0 Å². The van der Waals surface area contributed by atoms with Gasteiger partial charge in [0.25, 0.3) is 5.91 Å². The number of Topliss-reactive ketones (excluding diaryl/α,β-unsaturated/α-hetero) is 1. The van der Waals surface area contributed by atoms with Crippen LogP contribution in [0.1, 0.15) is 81.0 Å². The summed E-state index contributed by atoms with van der Waals surface area (Å²) in [5, 5.41) is 10.5. The number of carbonyl (C=O) groups excluding carboxylic acids is 7. The summed E-state index contributed by atoms with van der Waals surface area (Å²) < 4.78 is 6.24. The van der Waals surface area contributed by atoms with E-state index in [0.29, 0.717) is 12.0 Å². The largest absolute Gasteiger partial charge is 0.372 e. The summed E-state index contributed by atoms with van der Waals surface area (Å²) in [6, 6.07) is 22.7. The Hall–Kier alpha value is -5.89. The Morgan fingerprint density at radius 3 is 2.02 bits per heavy atom. The van der Waals surface area contributed by atoms with E-state index >= 15 is 0 Å². The highest BCUT2D eigenvalue weighted by molar-refractivity contribution is 6.38. The van der Waals surface area contributed by atoms with E-state index in [2.05, 4.69) is 21.3 Å². The molecule has 0 aromatic heterocycles. The summed E-state index contributed by atoms with van der Waals surface area (Å²) >= 11 is 0. The molecule has 14 nitrogen and oxygen atoms in total. The summed E-state index contributed by atoms with van der Waals surface area (Å²) in [4.78, 5) is 95.1. The number of nitrogens with zero attached hydrogens (tertiary/aromatic N) is 1. The Morgan fingerprint density at radius 1 is 0.776 bits per heavy atom. The second kappa shape index (κ2) is 21.6. The van der Waals surface area contributed by atoms with Crippen LogP contribution in [0.25, 0.3) is 0 Å². The minimum absolute atomic E-state index is 0.0821. The molecule has 6 amide bonds. The van der Waals surface area contributed by atoms with E-state index in [0.717, 1.165) is 43.2 Å². The molecule has 14 heteroatoms. The summed E-state index contributed by atoms with van der Waals surface area (Å²) in [7, 11) is 0. The predicted molar refractivity (Wildman–Crippen MR) is 215 cm³/mol. The van der Waals surface area contributed by atoms with E-state index in [-0.39, 0.29) is 44.2 Å². The average molecular weight is 795 g/mol. The monoisotopic (exact) mass is 794 g/mol. The predicted octanol–water partition coefficient (Wildman–Crippen LogP) is 2.79. The first-order valence-corrected chi connectivity index (χ1v) is 20.1. The number of amides is 6. The van der Waals surface area contributed by atoms with Gasteiger partial charge >= 0.3 is 0 Å². The van der Waals surface area contributed by atoms with Crippen LogP contribution in [0.4, 0.5) is 0 Å². The van der Waals surface area contributed by atoms with Gasteiger partial charge in [0.15, 0.2) is 0 Å². The second-order valence-corrected chi connectivity index (χ2v) is 15.0. The smallest absolute Gasteiger partial charge is 0.290 e. The number of nitrogens with one attached hydrogen (secondary N) is 4. The normalized spacial score (nSPS) is 18.3. The van der Waals surface area contributed by atoms with Gasteiger partial charge in [-0.15, -0.1) is 0 Å². The zero-order valence-electron chi connectivity index (χ0n) is 32.9. The van der Waals surface area contributed by atoms with Crippen LogP contribution in [-0.4, -0.2) is 83.4 Å². The van der Waals surface area contributed by atoms with Gasteiger partial charge in [0, 0.05) is 13.0 Å². The third kappa shape index (κ3) is 12.3. The zero-order chi connectivity index (χ0) is 41.4. The van der Waals surface area contributed by atoms with Gasteiger partial charge in [-0.05, 0) is 41.9 Å². The molecule has 1 saturated carbocycles. The number of rotatable bonds is 19. The molecular weight excluding hydrogens is 741 g/mol. The minimum Gasteiger partial charge on any atom is -0.372 e. The highest BCUT2D eigenvalue weighted by Gasteiger charge is 2.45. The second-order valence-electron chi connectivity index (χ2n) is 15.0. The molecule has 3 aromatic carbocycles. The van der Waals surface area contributed by atoms with Crippen molar-refractivity contribution < 1.29 is 38.3 Å². The van der Waals surface area contributed by atoms with Crippen molar-refractivity contribution in [2.45, 2.75) is 102 Å². The SMILES string of the molecule is CCCC(NC(=O)[C@@H]1C[C@@H](OCc2ccccc2)CN1C(=O)C(NC(=O)Cc1ccccc1)C1CCCCC1)C(=O)C(=O)NCC(=O)NC(C(N)=O)c1ccccc1. The minimum atomic E-state index is -1.26. The van der Waals surface area contributed by atoms with Crippen LogP contribution >= 0.6 is 0 Å². The first-order valence-electron chi connectivity index (χ1n) is 20.1. The van der Waals surface area contributed by atoms with Gasteiger partial charge in [0.05, 0.1) is 31.7 Å². The number of hydrogen-bond acceptors (Lipinski definition) is 8. The van der Waals surface area contributed by atoms with Crippen molar-refractivity contribution in [1.82, 2.24) is 26.2 Å². The summed E-state index contributed by atoms with van der Waals surface area (Å²) in [6.45, 7) is 1.49. The van der Waals surface area contributed by atoms with Gasteiger partial charge in [-0.25, -0.2) is 0 Å². The average Bonchev–Trinajstić information content (AvgIpc) is 3.68. The number of ketones is 1. The molecule has 2 fully saturated rings. The zero-order valence-corrected chi connectivity index (χ0v) is 32.9. The van der Waals surface area contributed by atoms with Gasteiger partial charge in [-0.2, -0.15) is 0 Å². The van der Waals surface area contributed by atoms with Crippen LogP contribution in [0.3, 0.4) is 0 Å². The van der Waals surface area contributed by atoms with Crippen LogP contribution < -0.4 is 27.0 Å². The molecule has 1 heterocycles. The molecule has 3 unspecified atom stereocenters. The molecule has 2 aliphatic rings. The molecule has 1 aliphatic heterocycles. The molecule has 0 spiro atoms. The van der Waals surface area contributed by atoms with Crippen LogP contribution in [0.2, 0.25) is 0 Å². The Kier molecular flexibility index (Phi) is 16.1. The lowest BCUT2D eigenvalue weighted by molar-refractivity contribution is -0.144. The van der Waals surface area contributed by atoms with Gasteiger partial charge in [-0.1, -0.05) is 124 Å². The number of likely N-dealkylation sites (tertiary alicyclic amines) is 1. The quantitative estimate of drug-likeness (QED) is 0.114. The Labute approximate surface area is 339 Å². The van der Waals surface area contributed by atoms with E-state index in [4.69, 9.17) is 10.5 Å². The maximum atomic E-state index is 14.7. The standard InChI is InChI=1S/C44H54N6O8/c1-2-15-34(40(53)43(56)46-26-37(52)49-38(41(45)54)31-20-11-5-12-21-31)47-42(55)35-25-33(58-28-30-18-9-4-10-19-30)27-50(35)44(57)39(32-22-13-6-14-23-32)48-36(51)24-29-16-7-3-8-17-29/h3-5,7-12,16-21,32-35,38-39H,2,6,13-15,22-28H2,1H3,(H2,45,54)(H,46,56)(H,47,55)(H,48,51)(H,49,52)/t33-,34?,35+,38?,39?/m1/s1. The van der Waals surface area contributed by atoms with Crippen molar-refractivity contribution in [2.75, 3.05) is 13.1 Å². The molecule has 6 N–H and O–H groups in total. The van der Waals surface area contributed by atoms with E-state index in [1.165, 1.54) is 4.90 Å². The van der Waals surface area contributed by atoms with Gasteiger partial charge in [0.1, 0.15) is 18.1 Å². The molecule has 58 heavy (non-hydrogen) atoms. The Balaban J connectivity index is 1.29. The number of primary amides is 1. The first kappa shape index (κ1) is 43.2. The van der Waals surface area contributed by atoms with Gasteiger partial charge < -0.3 is 36.6 Å². The van der Waals surface area contributed by atoms with Crippen molar-refractivity contribution >= 4 is 41.2 Å². The molecule has 5 atom stereocenters. The fraction of sp³-hybridized carbons (Fsp3) is 0.432. The fourth-order valence-corrected chi connectivity index (χ4v) is 7.64. The van der Waals surface area contributed by atoms with Crippen LogP contribution in [0, 0.1) is 5.92 Å². The van der Waals surface area contributed by atoms with Crippen LogP contribution in [0.5, 0.6) is 0 Å². The van der Waals surface area contributed by atoms with E-state index in [1.807, 2.05) is 60.7 Å². The maximum absolute atomic E-state index is 14.7. The Morgan fingerprint density at radius 2 is 1.40 bits per heavy atom. The molecule has 5 rings (SSSR count). The molecule has 1 saturated heterocycles. The lowest BCUT2D eigenvalue weighted by Crippen LogP contribution is -2.58. The van der Waals surface area contributed by atoms with E-state index in [9.17, 15) is 33.6 Å².